The molecule has 0 bridgehead atoms. The van der Waals surface area contributed by atoms with Gasteiger partial charge in [-0.25, -0.2) is 0 Å². The summed E-state index contributed by atoms with van der Waals surface area (Å²) < 4.78 is 11.3. The lowest BCUT2D eigenvalue weighted by Gasteiger charge is -2.25. The Morgan fingerprint density at radius 2 is 1.50 bits per heavy atom. The van der Waals surface area contributed by atoms with Crippen LogP contribution in [0, 0.1) is 0 Å². The molecule has 2 rings (SSSR count). The molecular weight excluding hydrogens is 200 g/mol. The van der Waals surface area contributed by atoms with Gasteiger partial charge in [0.05, 0.1) is 13.2 Å². The minimum Gasteiger partial charge on any atom is -0.344 e. The first-order valence-electron chi connectivity index (χ1n) is 5.81. The molecular formula is C14H20O2. The van der Waals surface area contributed by atoms with Crippen LogP contribution >= 0.6 is 0 Å². The van der Waals surface area contributed by atoms with Gasteiger partial charge < -0.3 is 9.47 Å². The number of ether oxygens (including phenoxy) is 2. The van der Waals surface area contributed by atoms with Crippen LogP contribution in [0.5, 0.6) is 0 Å². The predicted octanol–water partition coefficient (Wildman–Crippen LogP) is 3.20. The van der Waals surface area contributed by atoms with Crippen LogP contribution in [0.4, 0.5) is 0 Å². The molecule has 0 N–H and O–H groups in total. The Morgan fingerprint density at radius 3 is 1.94 bits per heavy atom. The molecule has 0 amide bonds. The van der Waals surface area contributed by atoms with E-state index in [9.17, 15) is 0 Å². The van der Waals surface area contributed by atoms with Gasteiger partial charge in [-0.2, -0.15) is 0 Å². The van der Waals surface area contributed by atoms with Crippen molar-refractivity contribution >= 4 is 0 Å². The lowest BCUT2D eigenvalue weighted by atomic mass is 9.86. The summed E-state index contributed by atoms with van der Waals surface area (Å²) in [5.74, 6) is -0.545. The molecule has 0 spiro atoms. The fourth-order valence-electron chi connectivity index (χ4n) is 1.95. The van der Waals surface area contributed by atoms with E-state index < -0.39 is 5.79 Å². The van der Waals surface area contributed by atoms with Gasteiger partial charge >= 0.3 is 0 Å². The van der Waals surface area contributed by atoms with Crippen molar-refractivity contribution in [3.8, 4) is 0 Å². The van der Waals surface area contributed by atoms with Crippen molar-refractivity contribution in [1.29, 1.82) is 0 Å². The van der Waals surface area contributed by atoms with Crippen LogP contribution in [0.25, 0.3) is 0 Å². The molecule has 0 radical (unpaired) electrons. The summed E-state index contributed by atoms with van der Waals surface area (Å²) >= 11 is 0. The Balaban J connectivity index is 2.26. The van der Waals surface area contributed by atoms with Crippen molar-refractivity contribution in [2.75, 3.05) is 13.2 Å². The van der Waals surface area contributed by atoms with Crippen LogP contribution in [0.15, 0.2) is 24.3 Å². The van der Waals surface area contributed by atoms with Crippen molar-refractivity contribution in [1.82, 2.24) is 0 Å². The fraction of sp³-hybridized carbons (Fsp3) is 0.571. The van der Waals surface area contributed by atoms with Gasteiger partial charge in [-0.3, -0.25) is 0 Å². The van der Waals surface area contributed by atoms with E-state index in [0.717, 1.165) is 5.56 Å². The maximum Gasteiger partial charge on any atom is 0.192 e. The normalized spacial score (nSPS) is 20.0. The number of hydrogen-bond acceptors (Lipinski definition) is 2. The molecule has 1 heterocycles. The highest BCUT2D eigenvalue weighted by atomic mass is 16.7. The zero-order valence-electron chi connectivity index (χ0n) is 10.5. The standard InChI is InChI=1S/C14H20O2/c1-13(2,3)11-5-7-12(8-6-11)14(4)15-9-10-16-14/h5-8H,9-10H2,1-4H3. The molecule has 2 heteroatoms. The van der Waals surface area contributed by atoms with Crippen molar-refractivity contribution in [3.63, 3.8) is 0 Å². The summed E-state index contributed by atoms with van der Waals surface area (Å²) in [5.41, 5.74) is 2.62. The zero-order valence-corrected chi connectivity index (χ0v) is 10.5. The van der Waals surface area contributed by atoms with Gasteiger partial charge in [-0.15, -0.1) is 0 Å². The number of rotatable bonds is 1. The monoisotopic (exact) mass is 220 g/mol. The quantitative estimate of drug-likeness (QED) is 0.723. The predicted molar refractivity (Wildman–Crippen MR) is 64.4 cm³/mol. The van der Waals surface area contributed by atoms with Gasteiger partial charge in [0, 0.05) is 5.56 Å². The van der Waals surface area contributed by atoms with Crippen molar-refractivity contribution < 1.29 is 9.47 Å². The molecule has 0 aliphatic carbocycles. The highest BCUT2D eigenvalue weighted by molar-refractivity contribution is 5.29. The minimum atomic E-state index is -0.545. The molecule has 2 nitrogen and oxygen atoms in total. The van der Waals surface area contributed by atoms with E-state index >= 15 is 0 Å². The molecule has 0 unspecified atom stereocenters. The molecule has 1 aromatic rings. The lowest BCUT2D eigenvalue weighted by molar-refractivity contribution is -0.149. The zero-order chi connectivity index (χ0) is 11.8. The van der Waals surface area contributed by atoms with Crippen LogP contribution in [0.3, 0.4) is 0 Å². The SMILES string of the molecule is CC(C)(C)c1ccc(C2(C)OCCO2)cc1. The minimum absolute atomic E-state index is 0.191. The Bertz CT molecular complexity index is 353. The summed E-state index contributed by atoms with van der Waals surface area (Å²) in [6.07, 6.45) is 0. The number of hydrogen-bond donors (Lipinski definition) is 0. The lowest BCUT2D eigenvalue weighted by Crippen LogP contribution is -2.22. The Morgan fingerprint density at radius 1 is 1.00 bits per heavy atom. The molecule has 1 aromatic carbocycles. The van der Waals surface area contributed by atoms with E-state index in [1.165, 1.54) is 5.56 Å². The molecule has 1 fully saturated rings. The van der Waals surface area contributed by atoms with Crippen LogP contribution in [0.2, 0.25) is 0 Å². The summed E-state index contributed by atoms with van der Waals surface area (Å²) in [6, 6.07) is 8.52. The summed E-state index contributed by atoms with van der Waals surface area (Å²) in [7, 11) is 0. The average molecular weight is 220 g/mol. The first-order valence-corrected chi connectivity index (χ1v) is 5.81. The smallest absolute Gasteiger partial charge is 0.192 e. The van der Waals surface area contributed by atoms with Gasteiger partial charge in [0.15, 0.2) is 5.79 Å². The highest BCUT2D eigenvalue weighted by Crippen LogP contribution is 2.32. The van der Waals surface area contributed by atoms with E-state index in [4.69, 9.17) is 9.47 Å². The van der Waals surface area contributed by atoms with Crippen LogP contribution < -0.4 is 0 Å². The second-order valence-electron chi connectivity index (χ2n) is 5.47. The molecule has 1 saturated heterocycles. The van der Waals surface area contributed by atoms with Crippen molar-refractivity contribution in [2.24, 2.45) is 0 Å². The molecule has 88 valence electrons. The molecule has 0 aromatic heterocycles. The second kappa shape index (κ2) is 3.86. The second-order valence-corrected chi connectivity index (χ2v) is 5.47. The van der Waals surface area contributed by atoms with Gasteiger partial charge in [0.1, 0.15) is 0 Å². The Hall–Kier alpha value is -0.860. The van der Waals surface area contributed by atoms with E-state index in [1.54, 1.807) is 0 Å². The van der Waals surface area contributed by atoms with Gasteiger partial charge in [0.2, 0.25) is 0 Å². The Labute approximate surface area is 97.6 Å². The van der Waals surface area contributed by atoms with Crippen LogP contribution in [0.1, 0.15) is 38.8 Å². The van der Waals surface area contributed by atoms with Crippen molar-refractivity contribution in [3.05, 3.63) is 35.4 Å². The van der Waals surface area contributed by atoms with Gasteiger partial charge in [0.25, 0.3) is 0 Å². The summed E-state index contributed by atoms with van der Waals surface area (Å²) in [6.45, 7) is 9.98. The maximum atomic E-state index is 5.63. The average Bonchev–Trinajstić information content (AvgIpc) is 2.66. The maximum absolute atomic E-state index is 5.63. The third-order valence-corrected chi connectivity index (χ3v) is 3.11. The van der Waals surface area contributed by atoms with Crippen molar-refractivity contribution in [2.45, 2.75) is 38.9 Å². The third-order valence-electron chi connectivity index (χ3n) is 3.11. The first kappa shape index (κ1) is 11.6. The Kier molecular flexibility index (Phi) is 2.81. The van der Waals surface area contributed by atoms with E-state index in [0.29, 0.717) is 13.2 Å². The topological polar surface area (TPSA) is 18.5 Å². The van der Waals surface area contributed by atoms with Crippen LogP contribution in [-0.4, -0.2) is 13.2 Å². The van der Waals surface area contributed by atoms with E-state index in [2.05, 4.69) is 45.0 Å². The summed E-state index contributed by atoms with van der Waals surface area (Å²) in [4.78, 5) is 0. The molecule has 0 atom stereocenters. The first-order chi connectivity index (χ1) is 7.42. The van der Waals surface area contributed by atoms with Gasteiger partial charge in [-0.05, 0) is 17.9 Å². The van der Waals surface area contributed by atoms with E-state index in [-0.39, 0.29) is 5.41 Å². The largest absolute Gasteiger partial charge is 0.344 e. The highest BCUT2D eigenvalue weighted by Gasteiger charge is 2.33. The molecule has 1 aliphatic rings. The van der Waals surface area contributed by atoms with E-state index in [1.807, 2.05) is 6.92 Å². The molecule has 0 saturated carbocycles. The van der Waals surface area contributed by atoms with Gasteiger partial charge in [-0.1, -0.05) is 45.0 Å². The molecule has 16 heavy (non-hydrogen) atoms. The fourth-order valence-corrected chi connectivity index (χ4v) is 1.95. The summed E-state index contributed by atoms with van der Waals surface area (Å²) in [5, 5.41) is 0. The third kappa shape index (κ3) is 2.13. The number of benzene rings is 1. The van der Waals surface area contributed by atoms with Crippen LogP contribution in [-0.2, 0) is 20.7 Å². The molecule has 1 aliphatic heterocycles.